The van der Waals surface area contributed by atoms with E-state index in [-0.39, 0.29) is 23.6 Å². The van der Waals surface area contributed by atoms with E-state index in [0.717, 1.165) is 12.8 Å². The van der Waals surface area contributed by atoms with Gasteiger partial charge < -0.3 is 4.74 Å². The average molecular weight is 309 g/mol. The monoisotopic (exact) mass is 308 g/mol. The maximum Gasteiger partial charge on any atom is 0.264 e. The molecule has 1 heterocycles. The van der Waals surface area contributed by atoms with E-state index < -0.39 is 9.05 Å². The molecule has 0 N–H and O–H groups in total. The SMILES string of the molecule is CC[C@@H](C)OCc1nn([C@H](C)CC)cc1S(=O)(=O)Cl. The number of nitrogens with zero attached hydrogens (tertiary/aromatic N) is 2. The molecule has 0 unspecified atom stereocenters. The van der Waals surface area contributed by atoms with Gasteiger partial charge in [0, 0.05) is 22.9 Å². The van der Waals surface area contributed by atoms with Gasteiger partial charge in [-0.15, -0.1) is 0 Å². The minimum atomic E-state index is -3.80. The summed E-state index contributed by atoms with van der Waals surface area (Å²) in [5, 5.41) is 4.28. The van der Waals surface area contributed by atoms with Crippen molar-refractivity contribution in [2.75, 3.05) is 0 Å². The maximum atomic E-state index is 11.5. The summed E-state index contributed by atoms with van der Waals surface area (Å²) in [6, 6.07) is 0.120. The highest BCUT2D eigenvalue weighted by Crippen LogP contribution is 2.23. The van der Waals surface area contributed by atoms with E-state index >= 15 is 0 Å². The smallest absolute Gasteiger partial charge is 0.264 e. The lowest BCUT2D eigenvalue weighted by atomic mass is 10.3. The zero-order chi connectivity index (χ0) is 14.6. The van der Waals surface area contributed by atoms with Crippen molar-refractivity contribution in [1.29, 1.82) is 0 Å². The van der Waals surface area contributed by atoms with Crippen LogP contribution in [0.5, 0.6) is 0 Å². The average Bonchev–Trinajstić information content (AvgIpc) is 2.78. The third kappa shape index (κ3) is 4.47. The molecule has 0 aromatic carbocycles. The number of ether oxygens (including phenoxy) is 1. The number of hydrogen-bond acceptors (Lipinski definition) is 4. The van der Waals surface area contributed by atoms with Crippen LogP contribution in [-0.4, -0.2) is 24.3 Å². The van der Waals surface area contributed by atoms with E-state index in [9.17, 15) is 8.42 Å². The first-order valence-electron chi connectivity index (χ1n) is 6.43. The van der Waals surface area contributed by atoms with Crippen LogP contribution in [0.1, 0.15) is 52.3 Å². The Balaban J connectivity index is 3.03. The van der Waals surface area contributed by atoms with E-state index in [2.05, 4.69) is 5.10 Å². The molecule has 5 nitrogen and oxygen atoms in total. The lowest BCUT2D eigenvalue weighted by Crippen LogP contribution is -2.09. The van der Waals surface area contributed by atoms with Gasteiger partial charge in [0.15, 0.2) is 0 Å². The van der Waals surface area contributed by atoms with Crippen molar-refractivity contribution < 1.29 is 13.2 Å². The molecule has 1 rings (SSSR count). The highest BCUT2D eigenvalue weighted by atomic mass is 35.7. The highest BCUT2D eigenvalue weighted by Gasteiger charge is 2.22. The van der Waals surface area contributed by atoms with Gasteiger partial charge >= 0.3 is 0 Å². The molecule has 0 amide bonds. The molecule has 0 fully saturated rings. The predicted octanol–water partition coefficient (Wildman–Crippen LogP) is 3.10. The third-order valence-electron chi connectivity index (χ3n) is 3.15. The lowest BCUT2D eigenvalue weighted by molar-refractivity contribution is 0.0473. The molecule has 0 saturated heterocycles. The van der Waals surface area contributed by atoms with E-state index in [1.54, 1.807) is 4.68 Å². The summed E-state index contributed by atoms with van der Waals surface area (Å²) < 4.78 is 30.3. The summed E-state index contributed by atoms with van der Waals surface area (Å²) >= 11 is 0. The lowest BCUT2D eigenvalue weighted by Gasteiger charge is -2.10. The topological polar surface area (TPSA) is 61.2 Å². The Bertz CT molecular complexity index is 513. The summed E-state index contributed by atoms with van der Waals surface area (Å²) in [7, 11) is 1.64. The Labute approximate surface area is 119 Å². The van der Waals surface area contributed by atoms with Gasteiger partial charge in [-0.3, -0.25) is 4.68 Å². The fourth-order valence-corrected chi connectivity index (χ4v) is 2.47. The number of aromatic nitrogens is 2. The first-order valence-corrected chi connectivity index (χ1v) is 8.74. The van der Waals surface area contributed by atoms with E-state index in [1.807, 2.05) is 27.7 Å². The summed E-state index contributed by atoms with van der Waals surface area (Å²) in [6.45, 7) is 8.06. The van der Waals surface area contributed by atoms with E-state index in [0.29, 0.717) is 5.69 Å². The zero-order valence-corrected chi connectivity index (χ0v) is 13.3. The molecule has 0 spiro atoms. The minimum absolute atomic E-state index is 0.0396. The van der Waals surface area contributed by atoms with Crippen LogP contribution in [0.2, 0.25) is 0 Å². The van der Waals surface area contributed by atoms with Crippen molar-refractivity contribution in [2.24, 2.45) is 0 Å². The molecule has 19 heavy (non-hydrogen) atoms. The number of rotatable bonds is 7. The standard InChI is InChI=1S/C12H21ClN2O3S/c1-5-9(3)15-7-12(19(13,16)17)11(14-15)8-18-10(4)6-2/h7,9-10H,5-6,8H2,1-4H3/t9-,10-/m1/s1. The molecule has 2 atom stereocenters. The molecule has 0 aliphatic heterocycles. The fraction of sp³-hybridized carbons (Fsp3) is 0.750. The second kappa shape index (κ2) is 6.72. The Morgan fingerprint density at radius 1 is 1.37 bits per heavy atom. The van der Waals surface area contributed by atoms with Gasteiger partial charge in [-0.05, 0) is 26.7 Å². The van der Waals surface area contributed by atoms with Crippen LogP contribution in [0, 0.1) is 0 Å². The van der Waals surface area contributed by atoms with Crippen LogP contribution < -0.4 is 0 Å². The molecule has 110 valence electrons. The van der Waals surface area contributed by atoms with Crippen LogP contribution in [0.25, 0.3) is 0 Å². The molecule has 1 aromatic heterocycles. The van der Waals surface area contributed by atoms with Crippen LogP contribution in [0.15, 0.2) is 11.1 Å². The normalized spacial score (nSPS) is 15.4. The Morgan fingerprint density at radius 2 is 2.00 bits per heavy atom. The van der Waals surface area contributed by atoms with Crippen molar-refractivity contribution >= 4 is 19.7 Å². The minimum Gasteiger partial charge on any atom is -0.372 e. The predicted molar refractivity (Wildman–Crippen MR) is 74.8 cm³/mol. The fourth-order valence-electron chi connectivity index (χ4n) is 1.47. The largest absolute Gasteiger partial charge is 0.372 e. The van der Waals surface area contributed by atoms with Gasteiger partial charge in [0.25, 0.3) is 9.05 Å². The van der Waals surface area contributed by atoms with Gasteiger partial charge in [0.1, 0.15) is 10.6 Å². The molecular weight excluding hydrogens is 288 g/mol. The molecule has 0 saturated carbocycles. The van der Waals surface area contributed by atoms with E-state index in [1.165, 1.54) is 6.20 Å². The van der Waals surface area contributed by atoms with E-state index in [4.69, 9.17) is 15.4 Å². The van der Waals surface area contributed by atoms with Crippen LogP contribution in [0.3, 0.4) is 0 Å². The first kappa shape index (κ1) is 16.5. The Kier molecular flexibility index (Phi) is 5.82. The molecular formula is C12H21ClN2O3S. The van der Waals surface area contributed by atoms with Gasteiger partial charge in [0.2, 0.25) is 0 Å². The molecule has 0 aliphatic carbocycles. The molecule has 1 aromatic rings. The Morgan fingerprint density at radius 3 is 2.47 bits per heavy atom. The second-order valence-corrected chi connectivity index (χ2v) is 7.18. The van der Waals surface area contributed by atoms with Crippen molar-refractivity contribution in [3.8, 4) is 0 Å². The second-order valence-electron chi connectivity index (χ2n) is 4.65. The van der Waals surface area contributed by atoms with Crippen molar-refractivity contribution in [2.45, 2.75) is 64.2 Å². The van der Waals surface area contributed by atoms with Gasteiger partial charge in [-0.2, -0.15) is 5.10 Å². The number of hydrogen-bond donors (Lipinski definition) is 0. The highest BCUT2D eigenvalue weighted by molar-refractivity contribution is 8.13. The van der Waals surface area contributed by atoms with Gasteiger partial charge in [-0.25, -0.2) is 8.42 Å². The van der Waals surface area contributed by atoms with Crippen molar-refractivity contribution in [3.63, 3.8) is 0 Å². The summed E-state index contributed by atoms with van der Waals surface area (Å²) in [5.41, 5.74) is 0.371. The van der Waals surface area contributed by atoms with Crippen molar-refractivity contribution in [3.05, 3.63) is 11.9 Å². The van der Waals surface area contributed by atoms with Crippen LogP contribution in [-0.2, 0) is 20.4 Å². The molecule has 0 bridgehead atoms. The molecule has 0 radical (unpaired) electrons. The quantitative estimate of drug-likeness (QED) is 0.726. The third-order valence-corrected chi connectivity index (χ3v) is 4.52. The maximum absolute atomic E-state index is 11.5. The summed E-state index contributed by atoms with van der Waals surface area (Å²) in [6.07, 6.45) is 3.25. The summed E-state index contributed by atoms with van der Waals surface area (Å²) in [5.74, 6) is 0. The molecule has 7 heteroatoms. The number of halogens is 1. The van der Waals surface area contributed by atoms with Gasteiger partial charge in [-0.1, -0.05) is 13.8 Å². The van der Waals surface area contributed by atoms with Crippen LogP contribution in [0.4, 0.5) is 0 Å². The molecule has 0 aliphatic rings. The van der Waals surface area contributed by atoms with Gasteiger partial charge in [0.05, 0.1) is 12.7 Å². The Hall–Kier alpha value is -0.590. The van der Waals surface area contributed by atoms with Crippen molar-refractivity contribution in [1.82, 2.24) is 9.78 Å². The first-order chi connectivity index (χ1) is 8.79. The summed E-state index contributed by atoms with van der Waals surface area (Å²) in [4.78, 5) is 0.0396. The zero-order valence-electron chi connectivity index (χ0n) is 11.8. The van der Waals surface area contributed by atoms with Crippen LogP contribution >= 0.6 is 10.7 Å².